The largest absolute Gasteiger partial charge is 0.465 e. The molecular formula is C21H43N3O5S. The number of ether oxygens (including phenoxy) is 2. The van der Waals surface area contributed by atoms with Crippen LogP contribution in [-0.2, 0) is 24.5 Å². The molecule has 1 rings (SSSR count). The summed E-state index contributed by atoms with van der Waals surface area (Å²) in [6.07, 6.45) is 9.45. The maximum atomic E-state index is 12.4. The summed E-state index contributed by atoms with van der Waals surface area (Å²) < 4.78 is 39.3. The number of rotatable bonds is 16. The lowest BCUT2D eigenvalue weighted by atomic mass is 9.94. The average molecular weight is 450 g/mol. The third-order valence-electron chi connectivity index (χ3n) is 5.49. The van der Waals surface area contributed by atoms with E-state index in [1.807, 2.05) is 0 Å². The Bertz CT molecular complexity index is 565. The summed E-state index contributed by atoms with van der Waals surface area (Å²) in [4.78, 5) is 13.9. The van der Waals surface area contributed by atoms with Gasteiger partial charge in [0.15, 0.2) is 0 Å². The highest BCUT2D eigenvalue weighted by molar-refractivity contribution is 7.87. The van der Waals surface area contributed by atoms with Gasteiger partial charge in [0.25, 0.3) is 10.2 Å². The quantitative estimate of drug-likeness (QED) is 0.288. The number of nitrogens with zero attached hydrogens (tertiary/aromatic N) is 2. The molecule has 0 spiro atoms. The molecule has 0 saturated heterocycles. The molecule has 0 heterocycles. The van der Waals surface area contributed by atoms with E-state index >= 15 is 0 Å². The van der Waals surface area contributed by atoms with Crippen LogP contribution in [0.4, 0.5) is 0 Å². The van der Waals surface area contributed by atoms with Crippen molar-refractivity contribution in [2.45, 2.75) is 83.8 Å². The minimum absolute atomic E-state index is 0.115. The molecule has 1 aliphatic carbocycles. The lowest BCUT2D eigenvalue weighted by molar-refractivity contribution is -0.143. The van der Waals surface area contributed by atoms with Gasteiger partial charge < -0.3 is 14.4 Å². The highest BCUT2D eigenvalue weighted by Crippen LogP contribution is 2.22. The van der Waals surface area contributed by atoms with Crippen molar-refractivity contribution in [1.29, 1.82) is 0 Å². The second kappa shape index (κ2) is 15.1. The SMILES string of the molecule is CCCCCN(C)CCCCOC1CCC(NS(=O)(=O)N(C)CC(=O)OCC)CC1. The van der Waals surface area contributed by atoms with Gasteiger partial charge >= 0.3 is 5.97 Å². The van der Waals surface area contributed by atoms with Gasteiger partial charge in [0, 0.05) is 19.7 Å². The lowest BCUT2D eigenvalue weighted by Gasteiger charge is -2.30. The molecule has 8 nitrogen and oxygen atoms in total. The Balaban J connectivity index is 2.17. The Kier molecular flexibility index (Phi) is 13.8. The van der Waals surface area contributed by atoms with Crippen molar-refractivity contribution < 1.29 is 22.7 Å². The van der Waals surface area contributed by atoms with Crippen molar-refractivity contribution in [1.82, 2.24) is 13.9 Å². The maximum absolute atomic E-state index is 12.4. The fourth-order valence-corrected chi connectivity index (χ4v) is 4.71. The van der Waals surface area contributed by atoms with Crippen LogP contribution >= 0.6 is 0 Å². The monoisotopic (exact) mass is 449 g/mol. The number of unbranched alkanes of at least 4 members (excludes halogenated alkanes) is 3. The molecule has 9 heteroatoms. The van der Waals surface area contributed by atoms with E-state index < -0.39 is 16.2 Å². The van der Waals surface area contributed by atoms with E-state index in [4.69, 9.17) is 9.47 Å². The second-order valence-electron chi connectivity index (χ2n) is 8.25. The predicted molar refractivity (Wildman–Crippen MR) is 120 cm³/mol. The van der Waals surface area contributed by atoms with Crippen LogP contribution in [0, 0.1) is 0 Å². The molecule has 0 aromatic carbocycles. The number of hydrogen-bond donors (Lipinski definition) is 1. The van der Waals surface area contributed by atoms with Gasteiger partial charge in [-0.1, -0.05) is 19.8 Å². The van der Waals surface area contributed by atoms with Crippen LogP contribution in [0.1, 0.15) is 71.6 Å². The van der Waals surface area contributed by atoms with E-state index in [0.29, 0.717) is 0 Å². The Labute approximate surface area is 183 Å². The molecule has 0 unspecified atom stereocenters. The normalized spacial score (nSPS) is 20.1. The number of nitrogens with one attached hydrogen (secondary N) is 1. The van der Waals surface area contributed by atoms with Gasteiger partial charge in [0.05, 0.1) is 12.7 Å². The van der Waals surface area contributed by atoms with Crippen LogP contribution in [0.5, 0.6) is 0 Å². The molecule has 0 radical (unpaired) electrons. The van der Waals surface area contributed by atoms with Crippen LogP contribution in [0.25, 0.3) is 0 Å². The van der Waals surface area contributed by atoms with Gasteiger partial charge in [-0.2, -0.15) is 17.4 Å². The molecule has 0 amide bonds. The number of hydrogen-bond acceptors (Lipinski definition) is 6. The van der Waals surface area contributed by atoms with E-state index in [1.165, 1.54) is 32.9 Å². The topological polar surface area (TPSA) is 88.2 Å². The van der Waals surface area contributed by atoms with Crippen molar-refractivity contribution in [2.24, 2.45) is 0 Å². The summed E-state index contributed by atoms with van der Waals surface area (Å²) in [5.74, 6) is -0.547. The fourth-order valence-electron chi connectivity index (χ4n) is 3.60. The molecule has 0 atom stereocenters. The van der Waals surface area contributed by atoms with Crippen molar-refractivity contribution >= 4 is 16.2 Å². The lowest BCUT2D eigenvalue weighted by Crippen LogP contribution is -2.47. The van der Waals surface area contributed by atoms with Crippen molar-refractivity contribution in [3.8, 4) is 0 Å². The molecule has 0 aromatic rings. The molecule has 1 N–H and O–H groups in total. The van der Waals surface area contributed by atoms with Gasteiger partial charge in [0.1, 0.15) is 6.54 Å². The molecule has 30 heavy (non-hydrogen) atoms. The maximum Gasteiger partial charge on any atom is 0.321 e. The van der Waals surface area contributed by atoms with Crippen LogP contribution in [0.15, 0.2) is 0 Å². The smallest absolute Gasteiger partial charge is 0.321 e. The fraction of sp³-hybridized carbons (Fsp3) is 0.952. The summed E-state index contributed by atoms with van der Waals surface area (Å²) in [6.45, 7) is 6.93. The third kappa shape index (κ3) is 11.6. The molecular weight excluding hydrogens is 406 g/mol. The zero-order valence-electron chi connectivity index (χ0n) is 19.4. The number of esters is 1. The first-order chi connectivity index (χ1) is 14.3. The minimum Gasteiger partial charge on any atom is -0.465 e. The molecule has 178 valence electrons. The van der Waals surface area contributed by atoms with Crippen LogP contribution in [-0.4, -0.2) is 82.7 Å². The summed E-state index contributed by atoms with van der Waals surface area (Å²) in [7, 11) is -0.127. The minimum atomic E-state index is -3.69. The molecule has 0 aliphatic heterocycles. The van der Waals surface area contributed by atoms with E-state index in [-0.39, 0.29) is 25.3 Å². The molecule has 0 aromatic heterocycles. The summed E-state index contributed by atoms with van der Waals surface area (Å²) >= 11 is 0. The summed E-state index contributed by atoms with van der Waals surface area (Å²) in [6, 6.07) is -0.115. The first-order valence-corrected chi connectivity index (χ1v) is 12.9. The Morgan fingerprint density at radius 3 is 2.23 bits per heavy atom. The van der Waals surface area contributed by atoms with E-state index in [2.05, 4.69) is 23.6 Å². The zero-order valence-corrected chi connectivity index (χ0v) is 20.2. The number of carbonyl (C=O) groups is 1. The van der Waals surface area contributed by atoms with Gasteiger partial charge in [-0.15, -0.1) is 0 Å². The highest BCUT2D eigenvalue weighted by Gasteiger charge is 2.28. The van der Waals surface area contributed by atoms with Gasteiger partial charge in [-0.25, -0.2) is 0 Å². The van der Waals surface area contributed by atoms with Crippen LogP contribution in [0.3, 0.4) is 0 Å². The summed E-state index contributed by atoms with van der Waals surface area (Å²) in [5.41, 5.74) is 0. The van der Waals surface area contributed by atoms with Crippen LogP contribution in [0.2, 0.25) is 0 Å². The van der Waals surface area contributed by atoms with E-state index in [0.717, 1.165) is 56.0 Å². The second-order valence-corrected chi connectivity index (χ2v) is 10.1. The van der Waals surface area contributed by atoms with Gasteiger partial charge in [0.2, 0.25) is 0 Å². The Hall–Kier alpha value is -0.740. The molecule has 0 bridgehead atoms. The predicted octanol–water partition coefficient (Wildman–Crippen LogP) is 2.55. The first-order valence-electron chi connectivity index (χ1n) is 11.5. The third-order valence-corrected chi connectivity index (χ3v) is 7.07. The molecule has 1 aliphatic rings. The standard InChI is InChI=1S/C21H43N3O5S/c1-5-7-8-15-23(3)16-9-10-17-29-20-13-11-19(12-14-20)22-30(26,27)24(4)18-21(25)28-6-2/h19-20,22H,5-18H2,1-4H3. The van der Waals surface area contributed by atoms with Crippen molar-refractivity contribution in [3.63, 3.8) is 0 Å². The molecule has 1 fully saturated rings. The summed E-state index contributed by atoms with van der Waals surface area (Å²) in [5, 5.41) is 0. The average Bonchev–Trinajstić information content (AvgIpc) is 2.69. The zero-order chi connectivity index (χ0) is 22.4. The van der Waals surface area contributed by atoms with E-state index in [9.17, 15) is 13.2 Å². The Morgan fingerprint density at radius 2 is 1.63 bits per heavy atom. The first kappa shape index (κ1) is 27.3. The molecule has 1 saturated carbocycles. The van der Waals surface area contributed by atoms with Crippen LogP contribution < -0.4 is 4.72 Å². The van der Waals surface area contributed by atoms with Crippen molar-refractivity contribution in [3.05, 3.63) is 0 Å². The Morgan fingerprint density at radius 1 is 1.00 bits per heavy atom. The van der Waals surface area contributed by atoms with Crippen molar-refractivity contribution in [2.75, 3.05) is 46.9 Å². The number of carbonyl (C=O) groups excluding carboxylic acids is 1. The van der Waals surface area contributed by atoms with Gasteiger partial charge in [-0.05, 0) is 72.0 Å². The van der Waals surface area contributed by atoms with Gasteiger partial charge in [-0.3, -0.25) is 4.79 Å². The number of likely N-dealkylation sites (N-methyl/N-ethyl adjacent to an activating group) is 1. The van der Waals surface area contributed by atoms with E-state index in [1.54, 1.807) is 6.92 Å². The highest BCUT2D eigenvalue weighted by atomic mass is 32.2.